The Bertz CT molecular complexity index is 907. The average molecular weight is 504 g/mol. The van der Waals surface area contributed by atoms with Crippen molar-refractivity contribution in [1.29, 1.82) is 0 Å². The number of anilines is 1. The highest BCUT2D eigenvalue weighted by molar-refractivity contribution is 9.13. The number of hydrogen-bond donors (Lipinski definition) is 1. The highest BCUT2D eigenvalue weighted by Gasteiger charge is 2.36. The fourth-order valence-electron chi connectivity index (χ4n) is 2.08. The lowest BCUT2D eigenvalue weighted by molar-refractivity contribution is -0.127. The van der Waals surface area contributed by atoms with E-state index in [1.807, 2.05) is 0 Å². The van der Waals surface area contributed by atoms with Crippen molar-refractivity contribution >= 4 is 72.4 Å². The highest BCUT2D eigenvalue weighted by atomic mass is 79.9. The molecule has 10 heteroatoms. The molecule has 0 aliphatic carbocycles. The number of benzene rings is 1. The Morgan fingerprint density at radius 2 is 1.96 bits per heavy atom. The molecule has 0 bridgehead atoms. The summed E-state index contributed by atoms with van der Waals surface area (Å²) >= 11 is 7.16. The van der Waals surface area contributed by atoms with Crippen LogP contribution in [0.15, 0.2) is 48.8 Å². The number of furan rings is 1. The number of thioether (sulfide) groups is 1. The van der Waals surface area contributed by atoms with Crippen LogP contribution < -0.4 is 5.32 Å². The highest BCUT2D eigenvalue weighted by Crippen LogP contribution is 2.34. The van der Waals surface area contributed by atoms with Gasteiger partial charge in [-0.2, -0.15) is 0 Å². The predicted octanol–water partition coefficient (Wildman–Crippen LogP) is 4.62. The first kappa shape index (κ1) is 18.9. The summed E-state index contributed by atoms with van der Waals surface area (Å²) in [6.45, 7) is -0.440. The number of nitrogens with zero attached hydrogens (tertiary/aromatic N) is 1. The molecule has 0 unspecified atom stereocenters. The molecule has 3 amide bonds. The Kier molecular flexibility index (Phi) is 5.64. The van der Waals surface area contributed by atoms with E-state index in [-0.39, 0.29) is 4.91 Å². The molecule has 26 heavy (non-hydrogen) atoms. The SMILES string of the molecule is O=C(CN1C(=O)S/C(=C\c2cc(Br)c(Br)o2)C1=O)Nc1ccc(F)cc1. The lowest BCUT2D eigenvalue weighted by Crippen LogP contribution is -2.36. The first-order chi connectivity index (χ1) is 12.3. The number of amides is 3. The summed E-state index contributed by atoms with van der Waals surface area (Å²) in [4.78, 5) is 37.4. The van der Waals surface area contributed by atoms with E-state index in [1.165, 1.54) is 30.3 Å². The van der Waals surface area contributed by atoms with Gasteiger partial charge in [-0.25, -0.2) is 4.39 Å². The maximum Gasteiger partial charge on any atom is 0.294 e. The molecule has 2 heterocycles. The lowest BCUT2D eigenvalue weighted by Gasteiger charge is -2.12. The lowest BCUT2D eigenvalue weighted by atomic mass is 10.3. The summed E-state index contributed by atoms with van der Waals surface area (Å²) in [6, 6.07) is 6.79. The van der Waals surface area contributed by atoms with Gasteiger partial charge < -0.3 is 9.73 Å². The maximum atomic E-state index is 12.9. The van der Waals surface area contributed by atoms with Gasteiger partial charge in [0.15, 0.2) is 4.67 Å². The van der Waals surface area contributed by atoms with Crippen LogP contribution in [-0.2, 0) is 9.59 Å². The second-order valence-corrected chi connectivity index (χ2v) is 7.66. The minimum Gasteiger partial charge on any atom is -0.449 e. The number of carbonyl (C=O) groups is 3. The molecule has 1 fully saturated rings. The number of rotatable bonds is 4. The molecule has 6 nitrogen and oxygen atoms in total. The fourth-order valence-corrected chi connectivity index (χ4v) is 3.50. The van der Waals surface area contributed by atoms with Gasteiger partial charge in [-0.15, -0.1) is 0 Å². The Labute approximate surface area is 168 Å². The molecule has 2 aromatic rings. The second kappa shape index (κ2) is 7.77. The van der Waals surface area contributed by atoms with Crippen LogP contribution in [0.5, 0.6) is 0 Å². The zero-order valence-electron chi connectivity index (χ0n) is 12.8. The van der Waals surface area contributed by atoms with E-state index in [9.17, 15) is 18.8 Å². The molecule has 0 saturated carbocycles. The molecule has 1 aliphatic rings. The monoisotopic (exact) mass is 502 g/mol. The fraction of sp³-hybridized carbons (Fsp3) is 0.0625. The van der Waals surface area contributed by atoms with Crippen LogP contribution in [0.25, 0.3) is 6.08 Å². The van der Waals surface area contributed by atoms with Gasteiger partial charge in [0, 0.05) is 11.8 Å². The van der Waals surface area contributed by atoms with E-state index < -0.39 is 29.4 Å². The summed E-state index contributed by atoms with van der Waals surface area (Å²) in [6.07, 6.45) is 1.43. The third-order valence-electron chi connectivity index (χ3n) is 3.24. The summed E-state index contributed by atoms with van der Waals surface area (Å²) in [7, 11) is 0. The van der Waals surface area contributed by atoms with Gasteiger partial charge in [0.25, 0.3) is 11.1 Å². The van der Waals surface area contributed by atoms with E-state index >= 15 is 0 Å². The summed E-state index contributed by atoms with van der Waals surface area (Å²) < 4.78 is 19.4. The van der Waals surface area contributed by atoms with E-state index in [2.05, 4.69) is 37.2 Å². The van der Waals surface area contributed by atoms with Crippen molar-refractivity contribution in [3.05, 3.63) is 56.0 Å². The second-order valence-electron chi connectivity index (χ2n) is 5.09. The molecular formula is C16H9Br2FN2O4S. The third kappa shape index (κ3) is 4.25. The van der Waals surface area contributed by atoms with Crippen LogP contribution in [0.2, 0.25) is 0 Å². The van der Waals surface area contributed by atoms with Crippen LogP contribution >= 0.6 is 43.6 Å². The van der Waals surface area contributed by atoms with Crippen LogP contribution in [0.1, 0.15) is 5.76 Å². The van der Waals surface area contributed by atoms with Gasteiger partial charge in [0.2, 0.25) is 5.91 Å². The molecule has 1 aromatic carbocycles. The number of carbonyl (C=O) groups excluding carboxylic acids is 3. The normalized spacial score (nSPS) is 15.8. The smallest absolute Gasteiger partial charge is 0.294 e. The molecule has 1 aliphatic heterocycles. The summed E-state index contributed by atoms with van der Waals surface area (Å²) in [5, 5.41) is 1.95. The van der Waals surface area contributed by atoms with Crippen molar-refractivity contribution in [3.63, 3.8) is 0 Å². The third-order valence-corrected chi connectivity index (χ3v) is 5.86. The Morgan fingerprint density at radius 3 is 2.58 bits per heavy atom. The van der Waals surface area contributed by atoms with Crippen molar-refractivity contribution in [3.8, 4) is 0 Å². The summed E-state index contributed by atoms with van der Waals surface area (Å²) in [5.41, 5.74) is 0.365. The van der Waals surface area contributed by atoms with Crippen molar-refractivity contribution in [1.82, 2.24) is 4.90 Å². The largest absolute Gasteiger partial charge is 0.449 e. The molecule has 1 aromatic heterocycles. The van der Waals surface area contributed by atoms with E-state index in [0.29, 0.717) is 20.6 Å². The van der Waals surface area contributed by atoms with Gasteiger partial charge in [-0.1, -0.05) is 0 Å². The van der Waals surface area contributed by atoms with E-state index in [4.69, 9.17) is 4.42 Å². The van der Waals surface area contributed by atoms with Gasteiger partial charge in [-0.3, -0.25) is 19.3 Å². The zero-order chi connectivity index (χ0) is 18.8. The molecule has 0 spiro atoms. The van der Waals surface area contributed by atoms with Gasteiger partial charge in [0.1, 0.15) is 18.1 Å². The molecule has 134 valence electrons. The quantitative estimate of drug-likeness (QED) is 0.616. The number of halogens is 3. The maximum absolute atomic E-state index is 12.9. The first-order valence-electron chi connectivity index (χ1n) is 7.09. The average Bonchev–Trinajstić information content (AvgIpc) is 3.03. The van der Waals surface area contributed by atoms with Gasteiger partial charge >= 0.3 is 0 Å². The topological polar surface area (TPSA) is 79.6 Å². The molecule has 0 atom stereocenters. The van der Waals surface area contributed by atoms with Crippen molar-refractivity contribution in [2.75, 3.05) is 11.9 Å². The minimum absolute atomic E-state index is 0.151. The molecule has 1 N–H and O–H groups in total. The van der Waals surface area contributed by atoms with Crippen LogP contribution in [0, 0.1) is 5.82 Å². The predicted molar refractivity (Wildman–Crippen MR) is 102 cm³/mol. The standard InChI is InChI=1S/C16H9Br2FN2O4S/c17-11-5-10(25-14(11)18)6-12-15(23)21(16(24)26-12)7-13(22)20-9-3-1-8(19)2-4-9/h1-6H,7H2,(H,20,22)/b12-6-. The van der Waals surface area contributed by atoms with Crippen molar-refractivity contribution in [2.45, 2.75) is 0 Å². The Morgan fingerprint density at radius 1 is 1.27 bits per heavy atom. The molecule has 0 radical (unpaired) electrons. The number of nitrogens with one attached hydrogen (secondary N) is 1. The number of hydrogen-bond acceptors (Lipinski definition) is 5. The summed E-state index contributed by atoms with van der Waals surface area (Å²) in [5.74, 6) is -1.21. The van der Waals surface area contributed by atoms with Gasteiger partial charge in [-0.05, 0) is 74.0 Å². The Hall–Kier alpha value is -1.91. The van der Waals surface area contributed by atoms with Crippen LogP contribution in [0.3, 0.4) is 0 Å². The van der Waals surface area contributed by atoms with Gasteiger partial charge in [0.05, 0.1) is 9.38 Å². The Balaban J connectivity index is 1.68. The molecular weight excluding hydrogens is 495 g/mol. The first-order valence-corrected chi connectivity index (χ1v) is 9.49. The van der Waals surface area contributed by atoms with Crippen molar-refractivity contribution in [2.24, 2.45) is 0 Å². The minimum atomic E-state index is -0.585. The molecule has 3 rings (SSSR count). The van der Waals surface area contributed by atoms with Crippen LogP contribution in [-0.4, -0.2) is 28.5 Å². The van der Waals surface area contributed by atoms with Crippen LogP contribution in [0.4, 0.5) is 14.9 Å². The van der Waals surface area contributed by atoms with Crippen molar-refractivity contribution < 1.29 is 23.2 Å². The van der Waals surface area contributed by atoms with E-state index in [1.54, 1.807) is 6.07 Å². The molecule has 1 saturated heterocycles. The van der Waals surface area contributed by atoms with E-state index in [0.717, 1.165) is 16.7 Å². The number of imide groups is 1. The zero-order valence-corrected chi connectivity index (χ0v) is 16.8.